The van der Waals surface area contributed by atoms with Gasteiger partial charge in [-0.05, 0) is 50.5 Å². The third-order valence-electron chi connectivity index (χ3n) is 3.76. The van der Waals surface area contributed by atoms with E-state index in [-0.39, 0.29) is 11.9 Å². The topological polar surface area (TPSA) is 90.1 Å². The zero-order chi connectivity index (χ0) is 18.4. The van der Waals surface area contributed by atoms with Crippen molar-refractivity contribution in [2.45, 2.75) is 34.1 Å². The zero-order valence-electron chi connectivity index (χ0n) is 15.3. The van der Waals surface area contributed by atoms with Crippen molar-refractivity contribution >= 4 is 11.9 Å². The summed E-state index contributed by atoms with van der Waals surface area (Å²) in [4.78, 5) is 20.8. The molecule has 0 saturated heterocycles. The molecule has 1 aromatic heterocycles. The molecule has 134 valence electrons. The normalized spacial score (nSPS) is 10.8. The molecule has 0 radical (unpaired) electrons. The fourth-order valence-corrected chi connectivity index (χ4v) is 2.45. The fourth-order valence-electron chi connectivity index (χ4n) is 2.45. The van der Waals surface area contributed by atoms with E-state index in [1.807, 2.05) is 31.2 Å². The number of nitrogens with one attached hydrogen (secondary N) is 1. The van der Waals surface area contributed by atoms with Crippen molar-refractivity contribution in [3.05, 3.63) is 35.5 Å². The Morgan fingerprint density at radius 1 is 1.24 bits per heavy atom. The maximum Gasteiger partial charge on any atom is 0.255 e. The van der Waals surface area contributed by atoms with Crippen LogP contribution in [0.2, 0.25) is 0 Å². The highest BCUT2D eigenvalue weighted by atomic mass is 16.5. The molecule has 6 heteroatoms. The molecule has 0 atom stereocenters. The molecule has 0 unspecified atom stereocenters. The molecule has 0 fully saturated rings. The van der Waals surface area contributed by atoms with Crippen molar-refractivity contribution < 1.29 is 9.53 Å². The number of nitrogens with two attached hydrogens (primary N) is 1. The average Bonchev–Trinajstić information content (AvgIpc) is 2.54. The van der Waals surface area contributed by atoms with Gasteiger partial charge in [-0.15, -0.1) is 0 Å². The Morgan fingerprint density at radius 3 is 2.52 bits per heavy atom. The smallest absolute Gasteiger partial charge is 0.255 e. The van der Waals surface area contributed by atoms with Gasteiger partial charge in [-0.3, -0.25) is 4.79 Å². The Bertz CT molecular complexity index is 727. The summed E-state index contributed by atoms with van der Waals surface area (Å²) in [5, 5.41) is 2.80. The number of carbonyl (C=O) groups is 1. The van der Waals surface area contributed by atoms with Gasteiger partial charge in [0.25, 0.3) is 5.91 Å². The number of amides is 1. The quantitative estimate of drug-likeness (QED) is 0.806. The Labute approximate surface area is 148 Å². The van der Waals surface area contributed by atoms with Crippen LogP contribution in [0.5, 0.6) is 5.75 Å². The Hall–Kier alpha value is -2.63. The van der Waals surface area contributed by atoms with Crippen LogP contribution >= 0.6 is 0 Å². The van der Waals surface area contributed by atoms with Gasteiger partial charge in [0.15, 0.2) is 0 Å². The lowest BCUT2D eigenvalue weighted by Gasteiger charge is -2.13. The standard InChI is InChI=1S/C19H26N4O2/c1-5-21-18(24)16-13(4)22-19(20)23-17(16)14-6-8-15(9-7-14)25-11-10-12(2)3/h6-9,12H,5,10-11H2,1-4H3,(H,21,24)(H2,20,22,23). The van der Waals surface area contributed by atoms with Gasteiger partial charge >= 0.3 is 0 Å². The molecule has 2 rings (SSSR count). The van der Waals surface area contributed by atoms with E-state index in [9.17, 15) is 4.79 Å². The van der Waals surface area contributed by atoms with Crippen LogP contribution in [-0.4, -0.2) is 29.0 Å². The summed E-state index contributed by atoms with van der Waals surface area (Å²) in [7, 11) is 0. The largest absolute Gasteiger partial charge is 0.494 e. The van der Waals surface area contributed by atoms with Crippen LogP contribution in [0.1, 0.15) is 43.2 Å². The lowest BCUT2D eigenvalue weighted by molar-refractivity contribution is 0.0955. The van der Waals surface area contributed by atoms with Crippen molar-refractivity contribution in [3.8, 4) is 17.0 Å². The number of nitrogen functional groups attached to an aromatic ring is 1. The molecule has 6 nitrogen and oxygen atoms in total. The number of ether oxygens (including phenoxy) is 1. The highest BCUT2D eigenvalue weighted by Gasteiger charge is 2.19. The van der Waals surface area contributed by atoms with Gasteiger partial charge in [0.2, 0.25) is 5.95 Å². The van der Waals surface area contributed by atoms with E-state index in [0.29, 0.717) is 36.0 Å². The number of carbonyl (C=O) groups excluding carboxylic acids is 1. The van der Waals surface area contributed by atoms with E-state index in [1.54, 1.807) is 6.92 Å². The predicted octanol–water partition coefficient (Wildman–Crippen LogP) is 3.21. The summed E-state index contributed by atoms with van der Waals surface area (Å²) in [6, 6.07) is 7.53. The molecule has 0 aliphatic rings. The number of aryl methyl sites for hydroxylation is 1. The van der Waals surface area contributed by atoms with Crippen LogP contribution in [0.15, 0.2) is 24.3 Å². The minimum Gasteiger partial charge on any atom is -0.494 e. The molecule has 0 aliphatic carbocycles. The Kier molecular flexibility index (Phi) is 6.33. The van der Waals surface area contributed by atoms with Gasteiger partial charge in [0.1, 0.15) is 5.75 Å². The third-order valence-corrected chi connectivity index (χ3v) is 3.76. The number of nitrogens with zero attached hydrogens (tertiary/aromatic N) is 2. The summed E-state index contributed by atoms with van der Waals surface area (Å²) < 4.78 is 5.73. The zero-order valence-corrected chi connectivity index (χ0v) is 15.3. The van der Waals surface area contributed by atoms with Gasteiger partial charge in [0, 0.05) is 12.1 Å². The van der Waals surface area contributed by atoms with Crippen LogP contribution in [0.3, 0.4) is 0 Å². The summed E-state index contributed by atoms with van der Waals surface area (Å²) >= 11 is 0. The van der Waals surface area contributed by atoms with Gasteiger partial charge in [-0.1, -0.05) is 13.8 Å². The second kappa shape index (κ2) is 8.46. The number of aromatic nitrogens is 2. The SMILES string of the molecule is CCNC(=O)c1c(C)nc(N)nc1-c1ccc(OCCC(C)C)cc1. The van der Waals surface area contributed by atoms with E-state index < -0.39 is 0 Å². The average molecular weight is 342 g/mol. The van der Waals surface area contributed by atoms with Crippen LogP contribution in [0.4, 0.5) is 5.95 Å². The molecule has 1 amide bonds. The van der Waals surface area contributed by atoms with E-state index in [4.69, 9.17) is 10.5 Å². The summed E-state index contributed by atoms with van der Waals surface area (Å²) in [5.74, 6) is 1.35. The van der Waals surface area contributed by atoms with Crippen LogP contribution in [0.25, 0.3) is 11.3 Å². The van der Waals surface area contributed by atoms with Crippen molar-refractivity contribution in [2.75, 3.05) is 18.9 Å². The van der Waals surface area contributed by atoms with E-state index >= 15 is 0 Å². The molecule has 3 N–H and O–H groups in total. The first kappa shape index (κ1) is 18.7. The maximum atomic E-state index is 12.4. The van der Waals surface area contributed by atoms with Crippen molar-refractivity contribution in [1.29, 1.82) is 0 Å². The molecular weight excluding hydrogens is 316 g/mol. The minimum absolute atomic E-state index is 0.151. The third kappa shape index (κ3) is 4.92. The molecule has 25 heavy (non-hydrogen) atoms. The second-order valence-electron chi connectivity index (χ2n) is 6.31. The highest BCUT2D eigenvalue weighted by Crippen LogP contribution is 2.26. The van der Waals surface area contributed by atoms with Crippen molar-refractivity contribution in [1.82, 2.24) is 15.3 Å². The monoisotopic (exact) mass is 342 g/mol. The number of anilines is 1. The van der Waals surface area contributed by atoms with E-state index in [1.165, 1.54) is 0 Å². The first-order valence-electron chi connectivity index (χ1n) is 8.58. The van der Waals surface area contributed by atoms with Crippen LogP contribution < -0.4 is 15.8 Å². The number of benzene rings is 1. The number of rotatable bonds is 7. The molecule has 0 spiro atoms. The summed E-state index contributed by atoms with van der Waals surface area (Å²) in [6.45, 7) is 9.17. The molecule has 0 aliphatic heterocycles. The van der Waals surface area contributed by atoms with Crippen molar-refractivity contribution in [2.24, 2.45) is 5.92 Å². The molecule has 1 heterocycles. The molecule has 1 aromatic carbocycles. The van der Waals surface area contributed by atoms with E-state index in [2.05, 4.69) is 29.1 Å². The number of hydrogen-bond acceptors (Lipinski definition) is 5. The lowest BCUT2D eigenvalue weighted by atomic mass is 10.0. The first-order chi connectivity index (χ1) is 11.9. The maximum absolute atomic E-state index is 12.4. The Balaban J connectivity index is 2.30. The predicted molar refractivity (Wildman–Crippen MR) is 99.6 cm³/mol. The van der Waals surface area contributed by atoms with Crippen LogP contribution in [-0.2, 0) is 0 Å². The first-order valence-corrected chi connectivity index (χ1v) is 8.58. The summed E-state index contributed by atoms with van der Waals surface area (Å²) in [6.07, 6.45) is 1.00. The van der Waals surface area contributed by atoms with E-state index in [0.717, 1.165) is 17.7 Å². The van der Waals surface area contributed by atoms with Crippen LogP contribution in [0, 0.1) is 12.8 Å². The molecule has 2 aromatic rings. The number of hydrogen-bond donors (Lipinski definition) is 2. The van der Waals surface area contributed by atoms with Gasteiger partial charge in [-0.25, -0.2) is 9.97 Å². The minimum atomic E-state index is -0.202. The van der Waals surface area contributed by atoms with Gasteiger partial charge in [0.05, 0.1) is 23.6 Å². The highest BCUT2D eigenvalue weighted by molar-refractivity contribution is 6.01. The lowest BCUT2D eigenvalue weighted by Crippen LogP contribution is -2.25. The molecule has 0 bridgehead atoms. The molecular formula is C19H26N4O2. The van der Waals surface area contributed by atoms with Gasteiger partial charge in [-0.2, -0.15) is 0 Å². The van der Waals surface area contributed by atoms with Gasteiger partial charge < -0.3 is 15.8 Å². The van der Waals surface area contributed by atoms with Crippen molar-refractivity contribution in [3.63, 3.8) is 0 Å². The molecule has 0 saturated carbocycles. The fraction of sp³-hybridized carbons (Fsp3) is 0.421. The second-order valence-corrected chi connectivity index (χ2v) is 6.31. The summed E-state index contributed by atoms with van der Waals surface area (Å²) in [5.41, 5.74) is 8.13. The Morgan fingerprint density at radius 2 is 1.92 bits per heavy atom.